The number of aliphatic hydroxyl groups is 1. The van der Waals surface area contributed by atoms with Gasteiger partial charge in [-0.2, -0.15) is 5.10 Å². The summed E-state index contributed by atoms with van der Waals surface area (Å²) in [7, 11) is 1.89. The Bertz CT molecular complexity index is 259. The van der Waals surface area contributed by atoms with Crippen molar-refractivity contribution in [2.24, 2.45) is 7.05 Å². The second-order valence-electron chi connectivity index (χ2n) is 3.42. The third kappa shape index (κ3) is 2.82. The highest BCUT2D eigenvalue weighted by atomic mass is 16.3. The van der Waals surface area contributed by atoms with Gasteiger partial charge in [-0.05, 0) is 13.8 Å². The fourth-order valence-corrected chi connectivity index (χ4v) is 1.24. The first-order valence-electron chi connectivity index (χ1n) is 4.49. The first-order chi connectivity index (χ1) is 6.13. The molecule has 2 atom stereocenters. The molecule has 1 aromatic rings. The average Bonchev–Trinajstić information content (AvgIpc) is 2.51. The summed E-state index contributed by atoms with van der Waals surface area (Å²) in [5.41, 5.74) is 1.14. The van der Waals surface area contributed by atoms with Gasteiger partial charge in [-0.15, -0.1) is 0 Å². The smallest absolute Gasteiger partial charge is 0.0582 e. The molecule has 1 aromatic heterocycles. The zero-order chi connectivity index (χ0) is 9.84. The lowest BCUT2D eigenvalue weighted by atomic mass is 10.2. The Morgan fingerprint density at radius 3 is 2.77 bits per heavy atom. The summed E-state index contributed by atoms with van der Waals surface area (Å²) < 4.78 is 1.77. The van der Waals surface area contributed by atoms with E-state index in [4.69, 9.17) is 5.11 Å². The molecule has 4 heteroatoms. The fraction of sp³-hybridized carbons (Fsp3) is 0.667. The molecule has 0 spiro atoms. The third-order valence-electron chi connectivity index (χ3n) is 2.03. The van der Waals surface area contributed by atoms with Crippen molar-refractivity contribution < 1.29 is 5.11 Å². The van der Waals surface area contributed by atoms with Crippen molar-refractivity contribution in [3.8, 4) is 0 Å². The molecule has 13 heavy (non-hydrogen) atoms. The van der Waals surface area contributed by atoms with Crippen molar-refractivity contribution in [2.75, 3.05) is 6.61 Å². The lowest BCUT2D eigenvalue weighted by Gasteiger charge is -2.16. The number of aryl methyl sites for hydroxylation is 1. The summed E-state index contributed by atoms with van der Waals surface area (Å²) in [4.78, 5) is 0. The highest BCUT2D eigenvalue weighted by Crippen LogP contribution is 2.10. The van der Waals surface area contributed by atoms with Gasteiger partial charge in [-0.3, -0.25) is 4.68 Å². The predicted octanol–water partition coefficient (Wildman–Crippen LogP) is 0.451. The van der Waals surface area contributed by atoms with Crippen LogP contribution in [0.2, 0.25) is 0 Å². The maximum atomic E-state index is 8.85. The average molecular weight is 183 g/mol. The van der Waals surface area contributed by atoms with Gasteiger partial charge in [0.25, 0.3) is 0 Å². The van der Waals surface area contributed by atoms with Crippen LogP contribution in [0.1, 0.15) is 25.5 Å². The van der Waals surface area contributed by atoms with E-state index >= 15 is 0 Å². The quantitative estimate of drug-likeness (QED) is 0.712. The van der Waals surface area contributed by atoms with Crippen LogP contribution >= 0.6 is 0 Å². The second-order valence-corrected chi connectivity index (χ2v) is 3.42. The zero-order valence-electron chi connectivity index (χ0n) is 8.36. The molecule has 0 bridgehead atoms. The summed E-state index contributed by atoms with van der Waals surface area (Å²) in [6.45, 7) is 4.17. The Morgan fingerprint density at radius 2 is 2.31 bits per heavy atom. The summed E-state index contributed by atoms with van der Waals surface area (Å²) in [5, 5.41) is 16.2. The second kappa shape index (κ2) is 4.39. The lowest BCUT2D eigenvalue weighted by molar-refractivity contribution is 0.243. The van der Waals surface area contributed by atoms with Gasteiger partial charge in [0.2, 0.25) is 0 Å². The molecule has 0 saturated heterocycles. The molecule has 0 saturated carbocycles. The van der Waals surface area contributed by atoms with Crippen LogP contribution in [-0.4, -0.2) is 27.5 Å². The molecule has 4 nitrogen and oxygen atoms in total. The molecule has 0 aliphatic heterocycles. The number of rotatable bonds is 4. The van der Waals surface area contributed by atoms with Gasteiger partial charge < -0.3 is 10.4 Å². The number of aliphatic hydroxyl groups excluding tert-OH is 1. The number of aromatic nitrogens is 2. The normalized spacial score (nSPS) is 15.7. The molecule has 0 aliphatic carbocycles. The van der Waals surface area contributed by atoms with Crippen LogP contribution in [0.4, 0.5) is 0 Å². The molecule has 1 rings (SSSR count). The van der Waals surface area contributed by atoms with E-state index in [1.165, 1.54) is 0 Å². The van der Waals surface area contributed by atoms with Gasteiger partial charge in [0.05, 0.1) is 12.8 Å². The predicted molar refractivity (Wildman–Crippen MR) is 51.3 cm³/mol. The summed E-state index contributed by atoms with van der Waals surface area (Å²) in [6, 6.07) is 0.353. The minimum atomic E-state index is 0.121. The molecule has 2 N–H and O–H groups in total. The number of hydrogen-bond acceptors (Lipinski definition) is 3. The van der Waals surface area contributed by atoms with Crippen LogP contribution in [0.15, 0.2) is 12.4 Å². The molecular formula is C9H17N3O. The largest absolute Gasteiger partial charge is 0.395 e. The van der Waals surface area contributed by atoms with E-state index in [2.05, 4.69) is 17.3 Å². The van der Waals surface area contributed by atoms with Crippen LogP contribution < -0.4 is 5.32 Å². The van der Waals surface area contributed by atoms with Crippen LogP contribution in [0.25, 0.3) is 0 Å². The Labute approximate surface area is 78.6 Å². The Balaban J connectivity index is 2.53. The van der Waals surface area contributed by atoms with E-state index in [0.29, 0.717) is 0 Å². The first kappa shape index (κ1) is 10.2. The van der Waals surface area contributed by atoms with Crippen LogP contribution in [0.3, 0.4) is 0 Å². The van der Waals surface area contributed by atoms with Crippen molar-refractivity contribution >= 4 is 0 Å². The monoisotopic (exact) mass is 183 g/mol. The molecule has 1 heterocycles. The molecule has 0 aliphatic rings. The van der Waals surface area contributed by atoms with Crippen molar-refractivity contribution in [3.05, 3.63) is 18.0 Å². The van der Waals surface area contributed by atoms with Gasteiger partial charge in [0.1, 0.15) is 0 Å². The third-order valence-corrected chi connectivity index (χ3v) is 2.03. The molecule has 0 aromatic carbocycles. The topological polar surface area (TPSA) is 50.1 Å². The lowest BCUT2D eigenvalue weighted by Crippen LogP contribution is -2.31. The van der Waals surface area contributed by atoms with Crippen molar-refractivity contribution in [3.63, 3.8) is 0 Å². The highest BCUT2D eigenvalue weighted by molar-refractivity contribution is 5.09. The van der Waals surface area contributed by atoms with Gasteiger partial charge in [-0.1, -0.05) is 0 Å². The fourth-order valence-electron chi connectivity index (χ4n) is 1.24. The van der Waals surface area contributed by atoms with Crippen LogP contribution in [0, 0.1) is 0 Å². The van der Waals surface area contributed by atoms with E-state index in [1.54, 1.807) is 4.68 Å². The Hall–Kier alpha value is -0.870. The van der Waals surface area contributed by atoms with Crippen LogP contribution in [-0.2, 0) is 7.05 Å². The number of nitrogens with one attached hydrogen (secondary N) is 1. The summed E-state index contributed by atoms with van der Waals surface area (Å²) in [6.07, 6.45) is 3.81. The van der Waals surface area contributed by atoms with E-state index in [9.17, 15) is 0 Å². The van der Waals surface area contributed by atoms with Gasteiger partial charge >= 0.3 is 0 Å². The first-order valence-corrected chi connectivity index (χ1v) is 4.49. The number of nitrogens with zero attached hydrogens (tertiary/aromatic N) is 2. The van der Waals surface area contributed by atoms with E-state index < -0.39 is 0 Å². The standard InChI is InChI=1S/C9H17N3O/c1-7(6-13)11-8(2)9-4-10-12(3)5-9/h4-5,7-8,11,13H,6H2,1-3H3. The van der Waals surface area contributed by atoms with Crippen LogP contribution in [0.5, 0.6) is 0 Å². The van der Waals surface area contributed by atoms with Gasteiger partial charge in [0.15, 0.2) is 0 Å². The zero-order valence-corrected chi connectivity index (χ0v) is 8.36. The highest BCUT2D eigenvalue weighted by Gasteiger charge is 2.09. The summed E-state index contributed by atoms with van der Waals surface area (Å²) >= 11 is 0. The molecule has 2 unspecified atom stereocenters. The number of hydrogen-bond donors (Lipinski definition) is 2. The minimum Gasteiger partial charge on any atom is -0.395 e. The molecule has 74 valence electrons. The molecule has 0 fully saturated rings. The van der Waals surface area contributed by atoms with E-state index in [-0.39, 0.29) is 18.7 Å². The maximum absolute atomic E-state index is 8.85. The van der Waals surface area contributed by atoms with Crippen molar-refractivity contribution in [1.82, 2.24) is 15.1 Å². The van der Waals surface area contributed by atoms with E-state index in [1.807, 2.05) is 26.4 Å². The van der Waals surface area contributed by atoms with Gasteiger partial charge in [-0.25, -0.2) is 0 Å². The Morgan fingerprint density at radius 1 is 1.62 bits per heavy atom. The maximum Gasteiger partial charge on any atom is 0.0582 e. The van der Waals surface area contributed by atoms with Crippen molar-refractivity contribution in [2.45, 2.75) is 25.9 Å². The van der Waals surface area contributed by atoms with Crippen molar-refractivity contribution in [1.29, 1.82) is 0 Å². The molecular weight excluding hydrogens is 166 g/mol. The van der Waals surface area contributed by atoms with Gasteiger partial charge in [0, 0.05) is 30.9 Å². The summed E-state index contributed by atoms with van der Waals surface area (Å²) in [5.74, 6) is 0. The Kier molecular flexibility index (Phi) is 3.45. The van der Waals surface area contributed by atoms with E-state index in [0.717, 1.165) is 5.56 Å². The molecule has 0 amide bonds. The SMILES string of the molecule is CC(CO)NC(C)c1cnn(C)c1. The minimum absolute atomic E-state index is 0.121. The molecule has 0 radical (unpaired) electrons.